The number of piperazine rings is 1. The number of nitrogens with two attached hydrogens (primary N) is 1. The average molecular weight is 346 g/mol. The van der Waals surface area contributed by atoms with E-state index in [9.17, 15) is 9.59 Å². The monoisotopic (exact) mass is 346 g/mol. The molecule has 2 heterocycles. The van der Waals surface area contributed by atoms with Gasteiger partial charge in [-0.25, -0.2) is 4.79 Å². The molecule has 0 saturated carbocycles. The topological polar surface area (TPSA) is 87.9 Å². The van der Waals surface area contributed by atoms with E-state index in [0.717, 1.165) is 57.8 Å². The Labute approximate surface area is 148 Å². The molecule has 2 aliphatic rings. The SMILES string of the molecule is NC(=O)NCc1ccc(C(=O)N2CCN(C3CCOCC3)CC2)cc1. The van der Waals surface area contributed by atoms with Crippen molar-refractivity contribution in [2.45, 2.75) is 25.4 Å². The second kappa shape index (κ2) is 8.31. The fraction of sp³-hybridized carbons (Fsp3) is 0.556. The highest BCUT2D eigenvalue weighted by Gasteiger charge is 2.27. The van der Waals surface area contributed by atoms with Crippen molar-refractivity contribution < 1.29 is 14.3 Å². The number of nitrogens with one attached hydrogen (secondary N) is 1. The van der Waals surface area contributed by atoms with Crippen molar-refractivity contribution in [3.8, 4) is 0 Å². The van der Waals surface area contributed by atoms with Crippen molar-refractivity contribution >= 4 is 11.9 Å². The Balaban J connectivity index is 1.51. The molecular formula is C18H26N4O3. The Hall–Kier alpha value is -2.12. The largest absolute Gasteiger partial charge is 0.381 e. The summed E-state index contributed by atoms with van der Waals surface area (Å²) in [6.45, 7) is 5.45. The molecule has 2 saturated heterocycles. The molecule has 0 unspecified atom stereocenters. The zero-order chi connectivity index (χ0) is 17.6. The third kappa shape index (κ3) is 4.70. The summed E-state index contributed by atoms with van der Waals surface area (Å²) in [7, 11) is 0. The summed E-state index contributed by atoms with van der Waals surface area (Å²) in [6.07, 6.45) is 2.18. The molecule has 0 bridgehead atoms. The summed E-state index contributed by atoms with van der Waals surface area (Å²) in [5, 5.41) is 2.54. The fourth-order valence-corrected chi connectivity index (χ4v) is 3.48. The van der Waals surface area contributed by atoms with Gasteiger partial charge in [0.2, 0.25) is 0 Å². The van der Waals surface area contributed by atoms with Crippen LogP contribution in [0.1, 0.15) is 28.8 Å². The van der Waals surface area contributed by atoms with Gasteiger partial charge in [-0.05, 0) is 30.5 Å². The predicted octanol–water partition coefficient (Wildman–Crippen LogP) is 0.792. The van der Waals surface area contributed by atoms with Gasteiger partial charge in [0, 0.05) is 57.5 Å². The van der Waals surface area contributed by atoms with Gasteiger partial charge in [-0.15, -0.1) is 0 Å². The zero-order valence-corrected chi connectivity index (χ0v) is 14.4. The van der Waals surface area contributed by atoms with Crippen molar-refractivity contribution in [3.63, 3.8) is 0 Å². The standard InChI is InChI=1S/C18H26N4O3/c19-18(24)20-13-14-1-3-15(4-2-14)17(23)22-9-7-21(8-10-22)16-5-11-25-12-6-16/h1-4,16H,5-13H2,(H3,19,20,24). The van der Waals surface area contributed by atoms with Gasteiger partial charge in [0.1, 0.15) is 0 Å². The molecule has 136 valence electrons. The Bertz CT molecular complexity index is 591. The van der Waals surface area contributed by atoms with Gasteiger partial charge >= 0.3 is 6.03 Å². The van der Waals surface area contributed by atoms with E-state index in [-0.39, 0.29) is 5.91 Å². The van der Waals surface area contributed by atoms with E-state index in [1.165, 1.54) is 0 Å². The smallest absolute Gasteiger partial charge is 0.312 e. The molecule has 25 heavy (non-hydrogen) atoms. The van der Waals surface area contributed by atoms with Gasteiger partial charge in [-0.3, -0.25) is 9.69 Å². The lowest BCUT2D eigenvalue weighted by Crippen LogP contribution is -2.53. The molecule has 0 spiro atoms. The Morgan fingerprint density at radius 3 is 2.32 bits per heavy atom. The summed E-state index contributed by atoms with van der Waals surface area (Å²) in [4.78, 5) is 27.8. The van der Waals surface area contributed by atoms with E-state index in [0.29, 0.717) is 18.2 Å². The van der Waals surface area contributed by atoms with E-state index in [1.54, 1.807) is 0 Å². The lowest BCUT2D eigenvalue weighted by atomic mass is 10.1. The summed E-state index contributed by atoms with van der Waals surface area (Å²) in [5.41, 5.74) is 6.66. The molecule has 0 aliphatic carbocycles. The lowest BCUT2D eigenvalue weighted by Gasteiger charge is -2.40. The number of nitrogens with zero attached hydrogens (tertiary/aromatic N) is 2. The first-order valence-corrected chi connectivity index (χ1v) is 8.87. The van der Waals surface area contributed by atoms with Crippen molar-refractivity contribution in [1.29, 1.82) is 0 Å². The van der Waals surface area contributed by atoms with Crippen molar-refractivity contribution in [3.05, 3.63) is 35.4 Å². The third-order valence-electron chi connectivity index (χ3n) is 4.98. The molecule has 3 rings (SSSR count). The number of hydrogen-bond acceptors (Lipinski definition) is 4. The van der Waals surface area contributed by atoms with Gasteiger partial charge in [-0.1, -0.05) is 12.1 Å². The maximum Gasteiger partial charge on any atom is 0.312 e. The third-order valence-corrected chi connectivity index (χ3v) is 4.98. The van der Waals surface area contributed by atoms with Gasteiger partial charge in [0.25, 0.3) is 5.91 Å². The zero-order valence-electron chi connectivity index (χ0n) is 14.4. The Morgan fingerprint density at radius 1 is 1.08 bits per heavy atom. The van der Waals surface area contributed by atoms with E-state index in [4.69, 9.17) is 10.5 Å². The highest BCUT2D eigenvalue weighted by Crippen LogP contribution is 2.17. The number of benzene rings is 1. The molecule has 2 aliphatic heterocycles. The van der Waals surface area contributed by atoms with E-state index < -0.39 is 6.03 Å². The highest BCUT2D eigenvalue weighted by molar-refractivity contribution is 5.94. The number of primary amides is 1. The molecule has 1 aromatic rings. The summed E-state index contributed by atoms with van der Waals surface area (Å²) in [5.74, 6) is 0.0704. The predicted molar refractivity (Wildman–Crippen MR) is 94.2 cm³/mol. The number of carbonyl (C=O) groups is 2. The van der Waals surface area contributed by atoms with Crippen LogP contribution in [0.3, 0.4) is 0 Å². The first-order valence-electron chi connectivity index (χ1n) is 8.87. The van der Waals surface area contributed by atoms with Crippen LogP contribution in [0.5, 0.6) is 0 Å². The lowest BCUT2D eigenvalue weighted by molar-refractivity contribution is 0.0137. The van der Waals surface area contributed by atoms with Crippen LogP contribution in [0, 0.1) is 0 Å². The van der Waals surface area contributed by atoms with Crippen molar-refractivity contribution in [1.82, 2.24) is 15.1 Å². The van der Waals surface area contributed by atoms with E-state index in [2.05, 4.69) is 10.2 Å². The summed E-state index contributed by atoms with van der Waals surface area (Å²) < 4.78 is 5.43. The second-order valence-electron chi connectivity index (χ2n) is 6.59. The molecule has 3 amide bonds. The van der Waals surface area contributed by atoms with Gasteiger partial charge in [-0.2, -0.15) is 0 Å². The summed E-state index contributed by atoms with van der Waals surface area (Å²) in [6, 6.07) is 7.37. The van der Waals surface area contributed by atoms with E-state index >= 15 is 0 Å². The van der Waals surface area contributed by atoms with Crippen LogP contribution in [0.25, 0.3) is 0 Å². The first-order chi connectivity index (χ1) is 12.1. The molecule has 7 nitrogen and oxygen atoms in total. The molecular weight excluding hydrogens is 320 g/mol. The molecule has 3 N–H and O–H groups in total. The molecule has 0 aromatic heterocycles. The first kappa shape index (κ1) is 17.7. The van der Waals surface area contributed by atoms with Gasteiger partial charge in [0.05, 0.1) is 0 Å². The highest BCUT2D eigenvalue weighted by atomic mass is 16.5. The van der Waals surface area contributed by atoms with Crippen molar-refractivity contribution in [2.24, 2.45) is 5.73 Å². The minimum Gasteiger partial charge on any atom is -0.381 e. The number of carbonyl (C=O) groups excluding carboxylic acids is 2. The maximum atomic E-state index is 12.7. The molecule has 1 aromatic carbocycles. The second-order valence-corrected chi connectivity index (χ2v) is 6.59. The van der Waals surface area contributed by atoms with Crippen LogP contribution in [0.2, 0.25) is 0 Å². The van der Waals surface area contributed by atoms with Gasteiger partial charge in [0.15, 0.2) is 0 Å². The number of hydrogen-bond donors (Lipinski definition) is 2. The number of ether oxygens (including phenoxy) is 1. The minimum atomic E-state index is -0.553. The number of urea groups is 1. The number of amides is 3. The quantitative estimate of drug-likeness (QED) is 0.844. The van der Waals surface area contributed by atoms with Crippen LogP contribution in [0.15, 0.2) is 24.3 Å². The fourth-order valence-electron chi connectivity index (χ4n) is 3.48. The van der Waals surface area contributed by atoms with Crippen LogP contribution in [-0.4, -0.2) is 67.2 Å². The van der Waals surface area contributed by atoms with Crippen molar-refractivity contribution in [2.75, 3.05) is 39.4 Å². The molecule has 2 fully saturated rings. The Kier molecular flexibility index (Phi) is 5.88. The average Bonchev–Trinajstić information content (AvgIpc) is 2.67. The van der Waals surface area contributed by atoms with E-state index in [1.807, 2.05) is 29.2 Å². The van der Waals surface area contributed by atoms with Crippen LogP contribution >= 0.6 is 0 Å². The Morgan fingerprint density at radius 2 is 1.72 bits per heavy atom. The van der Waals surface area contributed by atoms with Crippen LogP contribution in [-0.2, 0) is 11.3 Å². The molecule has 7 heteroatoms. The summed E-state index contributed by atoms with van der Waals surface area (Å²) >= 11 is 0. The van der Waals surface area contributed by atoms with Gasteiger partial charge < -0.3 is 20.7 Å². The molecule has 0 atom stereocenters. The minimum absolute atomic E-state index is 0.0704. The number of rotatable bonds is 4. The molecule has 0 radical (unpaired) electrons. The van der Waals surface area contributed by atoms with Crippen LogP contribution in [0.4, 0.5) is 4.79 Å². The normalized spacial score (nSPS) is 19.6. The van der Waals surface area contributed by atoms with Crippen LogP contribution < -0.4 is 11.1 Å². The maximum absolute atomic E-state index is 12.7.